The van der Waals surface area contributed by atoms with E-state index in [-0.39, 0.29) is 11.7 Å². The molecule has 0 spiro atoms. The van der Waals surface area contributed by atoms with E-state index in [0.29, 0.717) is 23.0 Å². The molecule has 1 aliphatic heterocycles. The van der Waals surface area contributed by atoms with Gasteiger partial charge in [0.1, 0.15) is 5.52 Å². The number of carboxylic acid groups (broad SMARTS) is 1. The van der Waals surface area contributed by atoms with Gasteiger partial charge in [0.25, 0.3) is 6.01 Å². The Morgan fingerprint density at radius 3 is 3.05 bits per heavy atom. The molecule has 2 atom stereocenters. The Bertz CT molecular complexity index is 667. The number of nitrogens with zero attached hydrogens (tertiary/aromatic N) is 2. The monoisotopic (exact) mass is 290 g/mol. The summed E-state index contributed by atoms with van der Waals surface area (Å²) >= 11 is 0. The van der Waals surface area contributed by atoms with Gasteiger partial charge in [-0.15, -0.1) is 0 Å². The molecule has 1 fully saturated rings. The van der Waals surface area contributed by atoms with E-state index in [2.05, 4.69) is 16.8 Å². The maximum Gasteiger partial charge on any atom is 0.335 e. The van der Waals surface area contributed by atoms with Crippen LogP contribution in [0.1, 0.15) is 23.7 Å². The van der Waals surface area contributed by atoms with E-state index in [1.165, 1.54) is 12.1 Å². The molecule has 6 nitrogen and oxygen atoms in total. The minimum absolute atomic E-state index is 0.156. The zero-order valence-corrected chi connectivity index (χ0v) is 12.1. The van der Waals surface area contributed by atoms with E-state index in [9.17, 15) is 4.79 Å². The van der Waals surface area contributed by atoms with Crippen LogP contribution in [0.4, 0.5) is 6.01 Å². The van der Waals surface area contributed by atoms with Crippen molar-refractivity contribution >= 4 is 23.1 Å². The molecule has 2 heterocycles. The predicted octanol–water partition coefficient (Wildman–Crippen LogP) is 2.39. The second-order valence-corrected chi connectivity index (χ2v) is 5.47. The van der Waals surface area contributed by atoms with Crippen molar-refractivity contribution in [3.8, 4) is 0 Å². The molecule has 2 aromatic rings. The largest absolute Gasteiger partial charge is 0.478 e. The average molecular weight is 290 g/mol. The van der Waals surface area contributed by atoms with Gasteiger partial charge >= 0.3 is 5.97 Å². The lowest BCUT2D eigenvalue weighted by molar-refractivity contribution is 0.0486. The van der Waals surface area contributed by atoms with Crippen LogP contribution < -0.4 is 4.90 Å². The number of anilines is 1. The normalized spacial score (nSPS) is 22.7. The molecular formula is C15H18N2O4. The molecule has 0 amide bonds. The van der Waals surface area contributed by atoms with E-state index in [0.717, 1.165) is 19.5 Å². The molecule has 112 valence electrons. The summed E-state index contributed by atoms with van der Waals surface area (Å²) in [5.74, 6) is -0.463. The number of piperidine rings is 1. The standard InChI is InChI=1S/C15H18N2O4/c1-9-5-6-17(8-13(9)20-2)15-16-11-4-3-10(14(18)19)7-12(11)21-15/h3-4,7,9,13H,5-6,8H2,1-2H3,(H,18,19). The zero-order chi connectivity index (χ0) is 15.0. The number of carbonyl (C=O) groups is 1. The third-order valence-corrected chi connectivity index (χ3v) is 4.09. The fraction of sp³-hybridized carbons (Fsp3) is 0.467. The SMILES string of the molecule is COC1CN(c2nc3ccc(C(=O)O)cc3o2)CCC1C. The van der Waals surface area contributed by atoms with Crippen LogP contribution in [0.3, 0.4) is 0 Å². The Morgan fingerprint density at radius 1 is 1.52 bits per heavy atom. The zero-order valence-electron chi connectivity index (χ0n) is 12.1. The van der Waals surface area contributed by atoms with Gasteiger partial charge in [-0.05, 0) is 30.5 Å². The summed E-state index contributed by atoms with van der Waals surface area (Å²) < 4.78 is 11.2. The second-order valence-electron chi connectivity index (χ2n) is 5.47. The van der Waals surface area contributed by atoms with E-state index in [1.54, 1.807) is 13.2 Å². The molecular weight excluding hydrogens is 272 g/mol. The topological polar surface area (TPSA) is 75.8 Å². The summed E-state index contributed by atoms with van der Waals surface area (Å²) in [4.78, 5) is 17.5. The predicted molar refractivity (Wildman–Crippen MR) is 77.8 cm³/mol. The number of hydrogen-bond donors (Lipinski definition) is 1. The summed E-state index contributed by atoms with van der Waals surface area (Å²) in [6, 6.07) is 5.25. The first-order valence-corrected chi connectivity index (χ1v) is 7.00. The van der Waals surface area contributed by atoms with Crippen LogP contribution in [0.2, 0.25) is 0 Å². The van der Waals surface area contributed by atoms with Crippen molar-refractivity contribution in [2.75, 3.05) is 25.1 Å². The molecule has 6 heteroatoms. The van der Waals surface area contributed by atoms with E-state index in [1.807, 2.05) is 0 Å². The fourth-order valence-corrected chi connectivity index (χ4v) is 2.70. The van der Waals surface area contributed by atoms with E-state index >= 15 is 0 Å². The number of carboxylic acids is 1. The van der Waals surface area contributed by atoms with Crippen molar-refractivity contribution in [2.24, 2.45) is 5.92 Å². The minimum atomic E-state index is -0.971. The van der Waals surface area contributed by atoms with Crippen molar-refractivity contribution in [1.29, 1.82) is 0 Å². The smallest absolute Gasteiger partial charge is 0.335 e. The van der Waals surface area contributed by atoms with Crippen LogP contribution >= 0.6 is 0 Å². The van der Waals surface area contributed by atoms with Crippen molar-refractivity contribution in [2.45, 2.75) is 19.4 Å². The van der Waals surface area contributed by atoms with Crippen molar-refractivity contribution in [3.63, 3.8) is 0 Å². The van der Waals surface area contributed by atoms with Gasteiger partial charge in [0.05, 0.1) is 11.7 Å². The van der Waals surface area contributed by atoms with Crippen molar-refractivity contribution < 1.29 is 19.1 Å². The molecule has 0 aliphatic carbocycles. The molecule has 1 N–H and O–H groups in total. The number of aromatic nitrogens is 1. The first-order valence-electron chi connectivity index (χ1n) is 7.00. The highest BCUT2D eigenvalue weighted by Gasteiger charge is 2.28. The Labute approximate surface area is 122 Å². The molecule has 1 saturated heterocycles. The fourth-order valence-electron chi connectivity index (χ4n) is 2.70. The van der Waals surface area contributed by atoms with Gasteiger partial charge in [0, 0.05) is 20.2 Å². The Hall–Kier alpha value is -2.08. The molecule has 0 radical (unpaired) electrons. The Morgan fingerprint density at radius 2 is 2.33 bits per heavy atom. The molecule has 2 unspecified atom stereocenters. The highest BCUT2D eigenvalue weighted by molar-refractivity contribution is 5.92. The average Bonchev–Trinajstić information content (AvgIpc) is 2.90. The highest BCUT2D eigenvalue weighted by Crippen LogP contribution is 2.27. The maximum atomic E-state index is 11.0. The molecule has 3 rings (SSSR count). The Balaban J connectivity index is 1.89. The quantitative estimate of drug-likeness (QED) is 0.935. The van der Waals surface area contributed by atoms with Gasteiger partial charge in [0.2, 0.25) is 0 Å². The third kappa shape index (κ3) is 2.58. The third-order valence-electron chi connectivity index (χ3n) is 4.09. The molecule has 1 aromatic heterocycles. The number of aromatic carboxylic acids is 1. The van der Waals surface area contributed by atoms with Gasteiger partial charge in [-0.1, -0.05) is 6.92 Å². The molecule has 21 heavy (non-hydrogen) atoms. The number of oxazole rings is 1. The molecule has 1 aromatic carbocycles. The van der Waals surface area contributed by atoms with Crippen LogP contribution in [-0.4, -0.2) is 42.4 Å². The molecule has 0 bridgehead atoms. The highest BCUT2D eigenvalue weighted by atomic mass is 16.5. The first kappa shape index (κ1) is 13.9. The minimum Gasteiger partial charge on any atom is -0.478 e. The lowest BCUT2D eigenvalue weighted by Crippen LogP contribution is -2.44. The summed E-state index contributed by atoms with van der Waals surface area (Å²) in [5.41, 5.74) is 1.37. The number of fused-ring (bicyclic) bond motifs is 1. The first-order chi connectivity index (χ1) is 10.1. The lowest BCUT2D eigenvalue weighted by atomic mass is 9.96. The summed E-state index contributed by atoms with van der Waals surface area (Å²) in [6.07, 6.45) is 1.17. The molecule has 1 aliphatic rings. The van der Waals surface area contributed by atoms with Gasteiger partial charge in [-0.25, -0.2) is 4.79 Å². The van der Waals surface area contributed by atoms with Gasteiger partial charge in [-0.3, -0.25) is 0 Å². The summed E-state index contributed by atoms with van der Waals surface area (Å²) in [7, 11) is 1.72. The number of rotatable bonds is 3. The summed E-state index contributed by atoms with van der Waals surface area (Å²) in [6.45, 7) is 3.77. The number of ether oxygens (including phenoxy) is 1. The van der Waals surface area contributed by atoms with Gasteiger partial charge < -0.3 is 19.2 Å². The van der Waals surface area contributed by atoms with Crippen molar-refractivity contribution in [1.82, 2.24) is 4.98 Å². The Kier molecular flexibility index (Phi) is 3.55. The van der Waals surface area contributed by atoms with Crippen LogP contribution in [0.25, 0.3) is 11.1 Å². The van der Waals surface area contributed by atoms with Crippen LogP contribution in [-0.2, 0) is 4.74 Å². The number of hydrogen-bond acceptors (Lipinski definition) is 5. The second kappa shape index (κ2) is 5.37. The van der Waals surface area contributed by atoms with Crippen LogP contribution in [0.15, 0.2) is 22.6 Å². The van der Waals surface area contributed by atoms with Crippen LogP contribution in [0.5, 0.6) is 0 Å². The summed E-state index contributed by atoms with van der Waals surface area (Å²) in [5, 5.41) is 9.01. The number of benzene rings is 1. The maximum absolute atomic E-state index is 11.0. The van der Waals surface area contributed by atoms with Crippen LogP contribution in [0, 0.1) is 5.92 Å². The van der Waals surface area contributed by atoms with E-state index < -0.39 is 5.97 Å². The van der Waals surface area contributed by atoms with Crippen molar-refractivity contribution in [3.05, 3.63) is 23.8 Å². The van der Waals surface area contributed by atoms with Gasteiger partial charge in [-0.2, -0.15) is 4.98 Å². The van der Waals surface area contributed by atoms with E-state index in [4.69, 9.17) is 14.3 Å². The number of methoxy groups -OCH3 is 1. The lowest BCUT2D eigenvalue weighted by Gasteiger charge is -2.35. The van der Waals surface area contributed by atoms with Gasteiger partial charge in [0.15, 0.2) is 5.58 Å². The molecule has 0 saturated carbocycles.